The lowest BCUT2D eigenvalue weighted by molar-refractivity contribution is -0.140. The number of phenolic OH excluding ortho intramolecular Hbond substituents is 1. The Balaban J connectivity index is 1.65. The van der Waals surface area contributed by atoms with E-state index in [-0.39, 0.29) is 52.7 Å². The predicted octanol–water partition coefficient (Wildman–Crippen LogP) is 5.00. The van der Waals surface area contributed by atoms with E-state index in [0.29, 0.717) is 27.7 Å². The molecule has 1 aromatic heterocycles. The topological polar surface area (TPSA) is 169 Å². The first-order valence-corrected chi connectivity index (χ1v) is 16.0. The number of aliphatic hydroxyl groups excluding tert-OH is 1. The molecule has 12 heteroatoms. The van der Waals surface area contributed by atoms with Gasteiger partial charge in [-0.15, -0.1) is 15.0 Å². The van der Waals surface area contributed by atoms with Crippen LogP contribution >= 0.6 is 0 Å². The normalized spacial score (nSPS) is 13.4. The third kappa shape index (κ3) is 8.14. The van der Waals surface area contributed by atoms with Crippen LogP contribution in [-0.4, -0.2) is 56.8 Å². The molecule has 4 rings (SSSR count). The van der Waals surface area contributed by atoms with E-state index >= 15 is 0 Å². The molecule has 0 radical (unpaired) electrons. The molecule has 1 atom stereocenters. The highest BCUT2D eigenvalue weighted by atomic mass is 32.2. The smallest absolute Gasteiger partial charge is 0.334 e. The van der Waals surface area contributed by atoms with Gasteiger partial charge in [0.05, 0.1) is 22.3 Å². The molecule has 0 saturated heterocycles. The Morgan fingerprint density at radius 2 is 1.64 bits per heavy atom. The Morgan fingerprint density at radius 1 is 0.978 bits per heavy atom. The van der Waals surface area contributed by atoms with Gasteiger partial charge in [0.25, 0.3) is 0 Å². The minimum atomic E-state index is -3.66. The number of aliphatic hydroxyl groups is 1. The van der Waals surface area contributed by atoms with E-state index in [1.165, 1.54) is 30.8 Å². The maximum absolute atomic E-state index is 13.1. The molecule has 1 heterocycles. The average Bonchev–Trinajstić information content (AvgIpc) is 3.38. The summed E-state index contributed by atoms with van der Waals surface area (Å²) in [5.74, 6) is -2.27. The molecule has 0 fully saturated rings. The van der Waals surface area contributed by atoms with E-state index < -0.39 is 33.3 Å². The van der Waals surface area contributed by atoms with Gasteiger partial charge in [0, 0.05) is 18.4 Å². The van der Waals surface area contributed by atoms with Gasteiger partial charge < -0.3 is 20.1 Å². The van der Waals surface area contributed by atoms with Crippen LogP contribution in [-0.2, 0) is 41.8 Å². The quantitative estimate of drug-likeness (QED) is 0.116. The van der Waals surface area contributed by atoms with Crippen LogP contribution in [0, 0.1) is 0 Å². The van der Waals surface area contributed by atoms with Crippen molar-refractivity contribution in [3.8, 4) is 11.4 Å². The Hall–Kier alpha value is -4.55. The summed E-state index contributed by atoms with van der Waals surface area (Å²) in [5.41, 5.74) is 2.21. The Labute approximate surface area is 261 Å². The Kier molecular flexibility index (Phi) is 9.79. The SMILES string of the molecule is CC(C(=O)O)=C(CC(C)O)OC(=O)CCc1cc(-n2nc3ccc(S(=O)(=O)Cc4ccccc4)cc3n2)c(O)c(C(C)(C)C)c1. The highest BCUT2D eigenvalue weighted by molar-refractivity contribution is 7.90. The molecule has 0 aliphatic rings. The number of carboxylic acids is 1. The molecule has 45 heavy (non-hydrogen) atoms. The number of sulfone groups is 1. The molecule has 0 bridgehead atoms. The number of ether oxygens (including phenoxy) is 1. The Bertz CT molecular complexity index is 1870. The van der Waals surface area contributed by atoms with Gasteiger partial charge >= 0.3 is 11.9 Å². The first-order valence-electron chi connectivity index (χ1n) is 14.4. The zero-order valence-corrected chi connectivity index (χ0v) is 26.6. The zero-order chi connectivity index (χ0) is 33.1. The van der Waals surface area contributed by atoms with Crippen molar-refractivity contribution in [1.82, 2.24) is 15.0 Å². The van der Waals surface area contributed by atoms with Crippen LogP contribution in [0.4, 0.5) is 0 Å². The fraction of sp³-hybridized carbons (Fsp3) is 0.333. The summed E-state index contributed by atoms with van der Waals surface area (Å²) in [7, 11) is -3.66. The van der Waals surface area contributed by atoms with Gasteiger partial charge in [0.15, 0.2) is 9.84 Å². The van der Waals surface area contributed by atoms with Crippen molar-refractivity contribution in [2.75, 3.05) is 0 Å². The molecule has 0 spiro atoms. The monoisotopic (exact) mass is 635 g/mol. The summed E-state index contributed by atoms with van der Waals surface area (Å²) in [5, 5.41) is 39.3. The molecule has 4 aromatic rings. The molecule has 3 aromatic carbocycles. The lowest BCUT2D eigenvalue weighted by Crippen LogP contribution is -2.15. The van der Waals surface area contributed by atoms with Gasteiger partial charge in [0.1, 0.15) is 28.2 Å². The molecule has 0 amide bonds. The van der Waals surface area contributed by atoms with Crippen LogP contribution in [0.3, 0.4) is 0 Å². The first-order chi connectivity index (χ1) is 21.0. The number of aromatic nitrogens is 3. The molecule has 3 N–H and O–H groups in total. The largest absolute Gasteiger partial charge is 0.505 e. The summed E-state index contributed by atoms with van der Waals surface area (Å²) in [4.78, 5) is 25.5. The van der Waals surface area contributed by atoms with E-state index in [1.54, 1.807) is 42.5 Å². The summed E-state index contributed by atoms with van der Waals surface area (Å²) in [6.07, 6.45) is -0.962. The fourth-order valence-corrected chi connectivity index (χ4v) is 6.08. The van der Waals surface area contributed by atoms with E-state index in [9.17, 15) is 33.3 Å². The number of esters is 1. The van der Waals surface area contributed by atoms with Gasteiger partial charge in [-0.05, 0) is 61.1 Å². The van der Waals surface area contributed by atoms with Crippen LogP contribution in [0.15, 0.2) is 76.9 Å². The number of nitrogens with zero attached hydrogens (tertiary/aromatic N) is 3. The second-order valence-corrected chi connectivity index (χ2v) is 14.0. The minimum absolute atomic E-state index is 0.0645. The first kappa shape index (κ1) is 33.3. The van der Waals surface area contributed by atoms with Crippen molar-refractivity contribution in [2.45, 2.75) is 76.0 Å². The number of fused-ring (bicyclic) bond motifs is 1. The molecule has 0 saturated carbocycles. The number of hydrogen-bond donors (Lipinski definition) is 3. The number of hydrogen-bond acceptors (Lipinski definition) is 9. The van der Waals surface area contributed by atoms with E-state index in [4.69, 9.17) is 4.74 Å². The molecule has 1 unspecified atom stereocenters. The van der Waals surface area contributed by atoms with Crippen LogP contribution in [0.5, 0.6) is 5.75 Å². The molecule has 238 valence electrons. The van der Waals surface area contributed by atoms with Gasteiger partial charge in [0.2, 0.25) is 0 Å². The molecule has 11 nitrogen and oxygen atoms in total. The number of phenols is 1. The van der Waals surface area contributed by atoms with E-state index in [2.05, 4.69) is 10.2 Å². The maximum atomic E-state index is 13.1. The summed E-state index contributed by atoms with van der Waals surface area (Å²) < 4.78 is 31.6. The highest BCUT2D eigenvalue weighted by Crippen LogP contribution is 2.37. The number of carboxylic acid groups (broad SMARTS) is 1. The van der Waals surface area contributed by atoms with Crippen molar-refractivity contribution < 1.29 is 38.1 Å². The molecule has 0 aliphatic carbocycles. The standard InChI is InChI=1S/C33H37N3O8S/c1-20(37)15-29(21(2)32(40)41)44-30(38)14-11-23-16-25(33(3,4)5)31(39)28(17-23)36-34-26-13-12-24(18-27(26)35-36)45(42,43)19-22-9-7-6-8-10-22/h6-10,12-13,16-18,20,37,39H,11,14-15,19H2,1-5H3,(H,40,41). The van der Waals surface area contributed by atoms with E-state index in [0.717, 1.165) is 0 Å². The summed E-state index contributed by atoms with van der Waals surface area (Å²) >= 11 is 0. The zero-order valence-electron chi connectivity index (χ0n) is 25.8. The number of aromatic hydroxyl groups is 1. The highest BCUT2D eigenvalue weighted by Gasteiger charge is 2.25. The number of carbonyl (C=O) groups is 2. The molecular formula is C33H37N3O8S. The maximum Gasteiger partial charge on any atom is 0.334 e. The lowest BCUT2D eigenvalue weighted by atomic mass is 9.84. The van der Waals surface area contributed by atoms with Gasteiger partial charge in [-0.2, -0.15) is 0 Å². The van der Waals surface area contributed by atoms with E-state index in [1.807, 2.05) is 26.8 Å². The van der Waals surface area contributed by atoms with Crippen LogP contribution < -0.4 is 0 Å². The third-order valence-electron chi connectivity index (χ3n) is 7.16. The average molecular weight is 636 g/mol. The fourth-order valence-electron chi connectivity index (χ4n) is 4.71. The number of carbonyl (C=O) groups excluding carboxylic acids is 1. The predicted molar refractivity (Wildman–Crippen MR) is 168 cm³/mol. The number of aryl methyl sites for hydroxylation is 1. The van der Waals surface area contributed by atoms with Crippen LogP contribution in [0.2, 0.25) is 0 Å². The van der Waals surface area contributed by atoms with Crippen molar-refractivity contribution in [3.05, 3.63) is 88.7 Å². The summed E-state index contributed by atoms with van der Waals surface area (Å²) in [6.45, 7) is 8.53. The lowest BCUT2D eigenvalue weighted by Gasteiger charge is -2.23. The van der Waals surface area contributed by atoms with Gasteiger partial charge in [-0.1, -0.05) is 57.2 Å². The molecule has 0 aliphatic heterocycles. The number of aliphatic carboxylic acids is 1. The third-order valence-corrected chi connectivity index (χ3v) is 8.84. The summed E-state index contributed by atoms with van der Waals surface area (Å²) in [6, 6.07) is 16.8. The number of benzene rings is 3. The second kappa shape index (κ2) is 13.2. The van der Waals surface area contributed by atoms with Crippen molar-refractivity contribution in [2.24, 2.45) is 0 Å². The minimum Gasteiger partial charge on any atom is -0.505 e. The van der Waals surface area contributed by atoms with Gasteiger partial charge in [-0.3, -0.25) is 4.79 Å². The second-order valence-electron chi connectivity index (χ2n) is 12.0. The van der Waals surface area contributed by atoms with Gasteiger partial charge in [-0.25, -0.2) is 13.2 Å². The number of rotatable bonds is 11. The van der Waals surface area contributed by atoms with Crippen LogP contribution in [0.25, 0.3) is 16.7 Å². The van der Waals surface area contributed by atoms with Crippen LogP contribution in [0.1, 0.15) is 64.2 Å². The van der Waals surface area contributed by atoms with Crippen molar-refractivity contribution in [1.29, 1.82) is 0 Å². The molecular weight excluding hydrogens is 598 g/mol. The Morgan fingerprint density at radius 3 is 2.27 bits per heavy atom. The van der Waals surface area contributed by atoms with Crippen molar-refractivity contribution in [3.63, 3.8) is 0 Å². The van der Waals surface area contributed by atoms with Crippen molar-refractivity contribution >= 4 is 32.8 Å².